The fourth-order valence-corrected chi connectivity index (χ4v) is 5.00. The van der Waals surface area contributed by atoms with Gasteiger partial charge in [-0.25, -0.2) is 4.39 Å². The Hall–Kier alpha value is -2.22. The first-order chi connectivity index (χ1) is 14.6. The lowest BCUT2D eigenvalue weighted by molar-refractivity contribution is 0.237. The zero-order valence-corrected chi connectivity index (χ0v) is 18.0. The van der Waals surface area contributed by atoms with E-state index in [1.54, 1.807) is 6.07 Å². The van der Waals surface area contributed by atoms with E-state index in [0.717, 1.165) is 30.1 Å². The molecule has 0 amide bonds. The van der Waals surface area contributed by atoms with Crippen LogP contribution in [-0.2, 0) is 6.54 Å². The van der Waals surface area contributed by atoms with Gasteiger partial charge in [-0.3, -0.25) is 0 Å². The maximum atomic E-state index is 14.3. The van der Waals surface area contributed by atoms with Gasteiger partial charge in [0.1, 0.15) is 11.9 Å². The molecule has 158 valence electrons. The van der Waals surface area contributed by atoms with Crippen LogP contribution in [0.15, 0.2) is 36.4 Å². The minimum Gasteiger partial charge on any atom is -0.313 e. The fourth-order valence-electron chi connectivity index (χ4n) is 5.00. The number of nitriles is 1. The van der Waals surface area contributed by atoms with Gasteiger partial charge in [0.15, 0.2) is 0 Å². The number of hydrogen-bond acceptors (Lipinski definition) is 3. The Labute approximate surface area is 179 Å². The molecule has 4 heteroatoms. The Kier molecular flexibility index (Phi) is 6.51. The van der Waals surface area contributed by atoms with E-state index in [0.29, 0.717) is 18.0 Å². The van der Waals surface area contributed by atoms with Gasteiger partial charge in [-0.15, -0.1) is 0 Å². The van der Waals surface area contributed by atoms with Gasteiger partial charge in [-0.2, -0.15) is 5.26 Å². The second-order valence-corrected chi connectivity index (χ2v) is 9.03. The van der Waals surface area contributed by atoms with Crippen LogP contribution in [0.2, 0.25) is 0 Å². The largest absolute Gasteiger partial charge is 0.313 e. The Balaban J connectivity index is 1.58. The molecule has 2 aliphatic rings. The summed E-state index contributed by atoms with van der Waals surface area (Å²) in [6.07, 6.45) is 6.11. The first-order valence-electron chi connectivity index (χ1n) is 11.4. The maximum absolute atomic E-state index is 14.3. The van der Waals surface area contributed by atoms with E-state index < -0.39 is 5.82 Å². The molecule has 30 heavy (non-hydrogen) atoms. The molecule has 2 aromatic carbocycles. The third-order valence-corrected chi connectivity index (χ3v) is 6.72. The van der Waals surface area contributed by atoms with Gasteiger partial charge in [0.25, 0.3) is 0 Å². The van der Waals surface area contributed by atoms with Crippen molar-refractivity contribution < 1.29 is 4.39 Å². The second kappa shape index (κ2) is 9.29. The molecule has 2 fully saturated rings. The van der Waals surface area contributed by atoms with Crippen molar-refractivity contribution in [2.45, 2.75) is 70.5 Å². The smallest absolute Gasteiger partial charge is 0.141 e. The topological polar surface area (TPSA) is 47.8 Å². The van der Waals surface area contributed by atoms with Crippen molar-refractivity contribution in [3.8, 4) is 17.2 Å². The molecule has 4 rings (SSSR count). The molecule has 0 saturated heterocycles. The lowest BCUT2D eigenvalue weighted by Gasteiger charge is -2.36. The van der Waals surface area contributed by atoms with Crippen LogP contribution in [0.4, 0.5) is 4.39 Å². The fraction of sp³-hybridized carbons (Fsp3) is 0.500. The molecule has 2 aromatic rings. The SMILES string of the molecule is CCN[C@@H]1C[C@@H](C)CC[C@H]1NCc1cccc(-c2ccc(C#N)c(F)c2)c1C1CC1. The minimum absolute atomic E-state index is 0.102. The van der Waals surface area contributed by atoms with Crippen LogP contribution < -0.4 is 10.6 Å². The van der Waals surface area contributed by atoms with E-state index in [2.05, 4.69) is 42.7 Å². The quantitative estimate of drug-likeness (QED) is 0.640. The Morgan fingerprint density at radius 3 is 2.60 bits per heavy atom. The molecule has 0 spiro atoms. The first kappa shape index (κ1) is 21.0. The van der Waals surface area contributed by atoms with Crippen LogP contribution >= 0.6 is 0 Å². The highest BCUT2D eigenvalue weighted by Crippen LogP contribution is 2.46. The molecule has 0 radical (unpaired) electrons. The third-order valence-electron chi connectivity index (χ3n) is 6.72. The average molecular weight is 406 g/mol. The van der Waals surface area contributed by atoms with Crippen molar-refractivity contribution in [2.75, 3.05) is 6.54 Å². The predicted octanol–water partition coefficient (Wildman–Crippen LogP) is 5.50. The molecule has 2 N–H and O–H groups in total. The number of nitrogens with zero attached hydrogens (tertiary/aromatic N) is 1. The summed E-state index contributed by atoms with van der Waals surface area (Å²) in [7, 11) is 0. The molecule has 0 unspecified atom stereocenters. The van der Waals surface area contributed by atoms with Crippen molar-refractivity contribution in [1.29, 1.82) is 5.26 Å². The number of halogens is 1. The summed E-state index contributed by atoms with van der Waals surface area (Å²) in [5, 5.41) is 16.6. The molecule has 0 aliphatic heterocycles. The number of rotatable bonds is 7. The summed E-state index contributed by atoms with van der Waals surface area (Å²) in [6.45, 7) is 6.38. The second-order valence-electron chi connectivity index (χ2n) is 9.03. The van der Waals surface area contributed by atoms with Gasteiger partial charge in [0, 0.05) is 18.6 Å². The van der Waals surface area contributed by atoms with Gasteiger partial charge in [-0.1, -0.05) is 38.1 Å². The lowest BCUT2D eigenvalue weighted by Crippen LogP contribution is -2.51. The molecule has 0 aromatic heterocycles. The van der Waals surface area contributed by atoms with Crippen molar-refractivity contribution in [1.82, 2.24) is 10.6 Å². The highest BCUT2D eigenvalue weighted by atomic mass is 19.1. The zero-order valence-electron chi connectivity index (χ0n) is 18.0. The Morgan fingerprint density at radius 2 is 1.90 bits per heavy atom. The van der Waals surface area contributed by atoms with Crippen LogP contribution in [0.5, 0.6) is 0 Å². The molecule has 3 nitrogen and oxygen atoms in total. The molecular weight excluding hydrogens is 373 g/mol. The third kappa shape index (κ3) is 4.58. The summed E-state index contributed by atoms with van der Waals surface area (Å²) >= 11 is 0. The normalized spacial score (nSPS) is 23.9. The number of hydrogen-bond donors (Lipinski definition) is 2. The van der Waals surface area contributed by atoms with E-state index in [1.165, 1.54) is 49.3 Å². The summed E-state index contributed by atoms with van der Waals surface area (Å²) in [4.78, 5) is 0. The van der Waals surface area contributed by atoms with Gasteiger partial charge in [-0.05, 0) is 84.9 Å². The van der Waals surface area contributed by atoms with E-state index >= 15 is 0 Å². The lowest BCUT2D eigenvalue weighted by atomic mass is 9.83. The highest BCUT2D eigenvalue weighted by molar-refractivity contribution is 5.71. The maximum Gasteiger partial charge on any atom is 0.141 e. The van der Waals surface area contributed by atoms with E-state index in [-0.39, 0.29) is 5.56 Å². The average Bonchev–Trinajstić information content (AvgIpc) is 3.58. The zero-order chi connectivity index (χ0) is 21.1. The number of likely N-dealkylation sites (N-methyl/N-ethyl adjacent to an activating group) is 1. The summed E-state index contributed by atoms with van der Waals surface area (Å²) in [6, 6.07) is 14.3. The molecule has 0 heterocycles. The van der Waals surface area contributed by atoms with Crippen LogP contribution in [0.3, 0.4) is 0 Å². The number of nitrogens with one attached hydrogen (secondary N) is 2. The van der Waals surface area contributed by atoms with Gasteiger partial charge in [0.05, 0.1) is 5.56 Å². The summed E-state index contributed by atoms with van der Waals surface area (Å²) < 4.78 is 14.3. The van der Waals surface area contributed by atoms with Crippen molar-refractivity contribution in [3.63, 3.8) is 0 Å². The Morgan fingerprint density at radius 1 is 1.07 bits per heavy atom. The standard InChI is InChI=1S/C26H32FN3/c1-3-29-25-13-17(2)7-12-24(25)30-16-21-5-4-6-22(26(21)18-8-9-18)19-10-11-20(15-28)23(27)14-19/h4-6,10-11,14,17-18,24-25,29-30H,3,7-9,12-13,16H2,1-2H3/t17-,24+,25+/m0/s1. The van der Waals surface area contributed by atoms with E-state index in [4.69, 9.17) is 5.26 Å². The first-order valence-corrected chi connectivity index (χ1v) is 11.4. The number of benzene rings is 2. The van der Waals surface area contributed by atoms with Crippen LogP contribution in [0.25, 0.3) is 11.1 Å². The van der Waals surface area contributed by atoms with E-state index in [1.807, 2.05) is 12.1 Å². The Bertz CT molecular complexity index is 928. The van der Waals surface area contributed by atoms with Crippen LogP contribution in [0, 0.1) is 23.1 Å². The van der Waals surface area contributed by atoms with E-state index in [9.17, 15) is 4.39 Å². The summed E-state index contributed by atoms with van der Waals surface area (Å²) in [5.41, 5.74) is 4.77. The molecule has 0 bridgehead atoms. The van der Waals surface area contributed by atoms with Crippen molar-refractivity contribution >= 4 is 0 Å². The summed E-state index contributed by atoms with van der Waals surface area (Å²) in [5.74, 6) is 0.904. The van der Waals surface area contributed by atoms with Gasteiger partial charge < -0.3 is 10.6 Å². The monoisotopic (exact) mass is 405 g/mol. The van der Waals surface area contributed by atoms with Crippen molar-refractivity contribution in [3.05, 3.63) is 58.9 Å². The minimum atomic E-state index is -0.440. The van der Waals surface area contributed by atoms with Gasteiger partial charge >= 0.3 is 0 Å². The molecule has 3 atom stereocenters. The molecule has 2 saturated carbocycles. The molecule has 2 aliphatic carbocycles. The molecular formula is C26H32FN3. The van der Waals surface area contributed by atoms with Crippen LogP contribution in [0.1, 0.15) is 68.6 Å². The predicted molar refractivity (Wildman–Crippen MR) is 120 cm³/mol. The van der Waals surface area contributed by atoms with Gasteiger partial charge in [0.2, 0.25) is 0 Å². The van der Waals surface area contributed by atoms with Crippen LogP contribution in [-0.4, -0.2) is 18.6 Å². The van der Waals surface area contributed by atoms with Crippen molar-refractivity contribution in [2.24, 2.45) is 5.92 Å². The highest BCUT2D eigenvalue weighted by Gasteiger charge is 2.31.